The summed E-state index contributed by atoms with van der Waals surface area (Å²) in [6, 6.07) is 13.0. The number of hydrogen-bond donors (Lipinski definition) is 2. The number of sulfonamides is 1. The zero-order valence-electron chi connectivity index (χ0n) is 14.5. The molecule has 0 aliphatic carbocycles. The summed E-state index contributed by atoms with van der Waals surface area (Å²) < 4.78 is 27.6. The van der Waals surface area contributed by atoms with Crippen molar-refractivity contribution in [3.8, 4) is 0 Å². The van der Waals surface area contributed by atoms with Gasteiger partial charge in [-0.25, -0.2) is 18.4 Å². The van der Waals surface area contributed by atoms with E-state index in [0.717, 1.165) is 11.6 Å². The van der Waals surface area contributed by atoms with Gasteiger partial charge in [0.25, 0.3) is 5.91 Å². The van der Waals surface area contributed by atoms with Crippen LogP contribution in [0.25, 0.3) is 0 Å². The largest absolute Gasteiger partial charge is 0.452 e. The smallest absolute Gasteiger partial charge is 0.340 e. The molecule has 0 aromatic heterocycles. The average Bonchev–Trinajstić information content (AvgIpc) is 2.64. The first kappa shape index (κ1) is 20.9. The number of esters is 1. The van der Waals surface area contributed by atoms with Crippen LogP contribution in [-0.4, -0.2) is 33.4 Å². The van der Waals surface area contributed by atoms with E-state index >= 15 is 0 Å². The molecule has 1 atom stereocenters. The van der Waals surface area contributed by atoms with Crippen LogP contribution in [0, 0.1) is 0 Å². The highest BCUT2D eigenvalue weighted by Gasteiger charge is 2.18. The Morgan fingerprint density at radius 2 is 1.85 bits per heavy atom. The highest BCUT2D eigenvalue weighted by Crippen LogP contribution is 2.20. The van der Waals surface area contributed by atoms with E-state index in [1.807, 2.05) is 37.3 Å². The van der Waals surface area contributed by atoms with Crippen LogP contribution < -0.4 is 10.5 Å². The standard InChI is InChI=1S/C18H19ClN2O5S/c1-12(13-5-3-2-4-6-13)10-21-17(22)11-26-18(23)15-9-14(27(20,24)25)7-8-16(15)19/h2-9,12H,10-11H2,1H3,(H,21,22)(H2,20,24,25)/t12-/m1/s1. The number of halogens is 1. The van der Waals surface area contributed by atoms with Gasteiger partial charge >= 0.3 is 5.97 Å². The first-order valence-corrected chi connectivity index (χ1v) is 9.92. The summed E-state index contributed by atoms with van der Waals surface area (Å²) in [5.74, 6) is -1.31. The molecule has 0 aliphatic rings. The summed E-state index contributed by atoms with van der Waals surface area (Å²) in [6.45, 7) is 1.82. The fourth-order valence-electron chi connectivity index (χ4n) is 2.26. The van der Waals surface area contributed by atoms with E-state index < -0.39 is 28.5 Å². The van der Waals surface area contributed by atoms with E-state index in [0.29, 0.717) is 6.54 Å². The normalized spacial score (nSPS) is 12.3. The molecule has 144 valence electrons. The van der Waals surface area contributed by atoms with Gasteiger partial charge < -0.3 is 10.1 Å². The lowest BCUT2D eigenvalue weighted by Crippen LogP contribution is -2.31. The lowest BCUT2D eigenvalue weighted by atomic mass is 10.0. The molecule has 0 aliphatic heterocycles. The van der Waals surface area contributed by atoms with Crippen molar-refractivity contribution in [2.75, 3.05) is 13.2 Å². The second-order valence-corrected chi connectivity index (χ2v) is 7.85. The van der Waals surface area contributed by atoms with Gasteiger partial charge in [0.05, 0.1) is 15.5 Å². The highest BCUT2D eigenvalue weighted by molar-refractivity contribution is 7.89. The molecule has 0 saturated carbocycles. The van der Waals surface area contributed by atoms with Gasteiger partial charge in [0, 0.05) is 6.54 Å². The van der Waals surface area contributed by atoms with Gasteiger partial charge in [-0.15, -0.1) is 0 Å². The van der Waals surface area contributed by atoms with Crippen LogP contribution in [0.1, 0.15) is 28.8 Å². The maximum Gasteiger partial charge on any atom is 0.340 e. The third kappa shape index (κ3) is 6.06. The fourth-order valence-corrected chi connectivity index (χ4v) is 3.00. The number of primary sulfonamides is 1. The molecule has 7 nitrogen and oxygen atoms in total. The Balaban J connectivity index is 1.91. The monoisotopic (exact) mass is 410 g/mol. The Morgan fingerprint density at radius 1 is 1.19 bits per heavy atom. The Labute approximate surface area is 162 Å². The molecule has 0 saturated heterocycles. The van der Waals surface area contributed by atoms with E-state index in [1.54, 1.807) is 0 Å². The molecule has 0 bridgehead atoms. The van der Waals surface area contributed by atoms with Gasteiger partial charge in [0.2, 0.25) is 10.0 Å². The van der Waals surface area contributed by atoms with Crippen molar-refractivity contribution in [2.45, 2.75) is 17.7 Å². The molecule has 1 amide bonds. The van der Waals surface area contributed by atoms with Crippen molar-refractivity contribution in [3.05, 3.63) is 64.7 Å². The molecule has 0 heterocycles. The molecular weight excluding hydrogens is 392 g/mol. The summed E-state index contributed by atoms with van der Waals surface area (Å²) in [7, 11) is -4.00. The Hall–Kier alpha value is -2.42. The molecule has 3 N–H and O–H groups in total. The summed E-state index contributed by atoms with van der Waals surface area (Å²) in [4.78, 5) is 23.7. The quantitative estimate of drug-likeness (QED) is 0.678. The van der Waals surface area contributed by atoms with Crippen molar-refractivity contribution in [3.63, 3.8) is 0 Å². The molecule has 2 rings (SSSR count). The lowest BCUT2D eigenvalue weighted by molar-refractivity contribution is -0.124. The number of ether oxygens (including phenoxy) is 1. The molecule has 0 fully saturated rings. The minimum Gasteiger partial charge on any atom is -0.452 e. The summed E-state index contributed by atoms with van der Waals surface area (Å²) in [6.07, 6.45) is 0. The van der Waals surface area contributed by atoms with Gasteiger partial charge in [-0.2, -0.15) is 0 Å². The van der Waals surface area contributed by atoms with Gasteiger partial charge in [-0.05, 0) is 29.7 Å². The molecule has 0 spiro atoms. The third-order valence-corrected chi connectivity index (χ3v) is 5.04. The third-order valence-electron chi connectivity index (χ3n) is 3.79. The summed E-state index contributed by atoms with van der Waals surface area (Å²) in [5, 5.41) is 7.69. The second kappa shape index (κ2) is 8.98. The van der Waals surface area contributed by atoms with E-state index in [4.69, 9.17) is 21.5 Å². The predicted molar refractivity (Wildman–Crippen MR) is 101 cm³/mol. The highest BCUT2D eigenvalue weighted by atomic mass is 35.5. The first-order chi connectivity index (χ1) is 12.7. The topological polar surface area (TPSA) is 116 Å². The fraction of sp³-hybridized carbons (Fsp3) is 0.222. The Bertz CT molecular complexity index is 932. The number of carbonyl (C=O) groups is 2. The van der Waals surface area contributed by atoms with Crippen LogP contribution in [0.4, 0.5) is 0 Å². The molecule has 0 unspecified atom stereocenters. The molecule has 27 heavy (non-hydrogen) atoms. The number of benzene rings is 2. The van der Waals surface area contributed by atoms with Gasteiger partial charge in [0.15, 0.2) is 6.61 Å². The van der Waals surface area contributed by atoms with Crippen molar-refractivity contribution in [1.82, 2.24) is 5.32 Å². The van der Waals surface area contributed by atoms with Crippen molar-refractivity contribution in [1.29, 1.82) is 0 Å². The van der Waals surface area contributed by atoms with E-state index in [9.17, 15) is 18.0 Å². The van der Waals surface area contributed by atoms with Crippen molar-refractivity contribution >= 4 is 33.5 Å². The van der Waals surface area contributed by atoms with E-state index in [1.165, 1.54) is 12.1 Å². The number of hydrogen-bond acceptors (Lipinski definition) is 5. The molecule has 0 radical (unpaired) electrons. The lowest BCUT2D eigenvalue weighted by Gasteiger charge is -2.13. The van der Waals surface area contributed by atoms with Gasteiger partial charge in [0.1, 0.15) is 0 Å². The maximum absolute atomic E-state index is 12.1. The van der Waals surface area contributed by atoms with Crippen LogP contribution in [0.15, 0.2) is 53.4 Å². The minimum absolute atomic E-state index is 0.00879. The number of amides is 1. The molecular formula is C18H19ClN2O5S. The average molecular weight is 411 g/mol. The zero-order valence-corrected chi connectivity index (χ0v) is 16.1. The number of nitrogens with one attached hydrogen (secondary N) is 1. The van der Waals surface area contributed by atoms with Gasteiger partial charge in [-0.3, -0.25) is 4.79 Å². The van der Waals surface area contributed by atoms with E-state index in [2.05, 4.69) is 5.32 Å². The maximum atomic E-state index is 12.1. The van der Waals surface area contributed by atoms with Crippen LogP contribution >= 0.6 is 11.6 Å². The van der Waals surface area contributed by atoms with Crippen molar-refractivity contribution < 1.29 is 22.7 Å². The van der Waals surface area contributed by atoms with E-state index in [-0.39, 0.29) is 21.4 Å². The Morgan fingerprint density at radius 3 is 2.48 bits per heavy atom. The summed E-state index contributed by atoms with van der Waals surface area (Å²) in [5.41, 5.74) is 0.884. The SMILES string of the molecule is C[C@H](CNC(=O)COC(=O)c1cc(S(N)(=O)=O)ccc1Cl)c1ccccc1. The van der Waals surface area contributed by atoms with Crippen LogP contribution in [0.2, 0.25) is 5.02 Å². The summed E-state index contributed by atoms with van der Waals surface area (Å²) >= 11 is 5.89. The van der Waals surface area contributed by atoms with Crippen LogP contribution in [-0.2, 0) is 19.6 Å². The minimum atomic E-state index is -4.00. The number of rotatable bonds is 7. The zero-order chi connectivity index (χ0) is 20.0. The number of carbonyl (C=O) groups excluding carboxylic acids is 2. The predicted octanol–water partition coefficient (Wildman–Crippen LogP) is 2.06. The second-order valence-electron chi connectivity index (χ2n) is 5.88. The van der Waals surface area contributed by atoms with Gasteiger partial charge in [-0.1, -0.05) is 48.9 Å². The Kier molecular flexibility index (Phi) is 6.95. The first-order valence-electron chi connectivity index (χ1n) is 7.99. The molecule has 2 aromatic rings. The van der Waals surface area contributed by atoms with Crippen LogP contribution in [0.5, 0.6) is 0 Å². The number of nitrogens with two attached hydrogens (primary N) is 1. The van der Waals surface area contributed by atoms with Crippen molar-refractivity contribution in [2.24, 2.45) is 5.14 Å². The molecule has 2 aromatic carbocycles. The molecule has 9 heteroatoms. The van der Waals surface area contributed by atoms with Crippen LogP contribution in [0.3, 0.4) is 0 Å².